The van der Waals surface area contributed by atoms with Gasteiger partial charge in [-0.1, -0.05) is 0 Å². The van der Waals surface area contributed by atoms with E-state index in [1.807, 2.05) is 42.5 Å². The molecule has 0 aliphatic heterocycles. The first kappa shape index (κ1) is 15.3. The molecule has 0 radical (unpaired) electrons. The Morgan fingerprint density at radius 3 is 2.73 bits per heavy atom. The van der Waals surface area contributed by atoms with Crippen molar-refractivity contribution in [1.29, 1.82) is 0 Å². The normalized spacial score (nSPS) is 11.8. The van der Waals surface area contributed by atoms with Crippen LogP contribution in [0.5, 0.6) is 0 Å². The predicted octanol–water partition coefficient (Wildman–Crippen LogP) is 1.98. The van der Waals surface area contributed by atoms with Crippen molar-refractivity contribution in [3.8, 4) is 0 Å². The van der Waals surface area contributed by atoms with Crippen molar-refractivity contribution in [3.63, 3.8) is 0 Å². The predicted molar refractivity (Wildman–Crippen MR) is 86.4 cm³/mol. The molecule has 0 amide bonds. The van der Waals surface area contributed by atoms with E-state index in [9.17, 15) is 4.79 Å². The second-order valence-electron chi connectivity index (χ2n) is 4.68. The standard InChI is InChI=1S/C16H12BrN3O.W/c1-18-16-19-14-8-7-12(17)9-13(14)15(21)20(16)10-11-5-3-2-4-6-11;/h1-9H,10H2,(H,19,21);/p-1. The van der Waals surface area contributed by atoms with Crippen LogP contribution < -0.4 is 16.2 Å². The van der Waals surface area contributed by atoms with Crippen LogP contribution >= 0.6 is 15.9 Å². The maximum absolute atomic E-state index is 12.8. The van der Waals surface area contributed by atoms with Gasteiger partial charge < -0.3 is 0 Å². The Bertz CT molecular complexity index is 961. The summed E-state index contributed by atoms with van der Waals surface area (Å²) in [5.41, 5.74) is 2.07. The molecule has 0 unspecified atom stereocenters. The van der Waals surface area contributed by atoms with Gasteiger partial charge in [0.25, 0.3) is 0 Å². The van der Waals surface area contributed by atoms with E-state index in [0.717, 1.165) is 10.0 Å². The second kappa shape index (κ2) is 6.67. The summed E-state index contributed by atoms with van der Waals surface area (Å²) >= 11 is 4.62. The minimum absolute atomic E-state index is 0.0780. The number of nitrogens with zero attached hydrogens (tertiary/aromatic N) is 3. The third-order valence-corrected chi connectivity index (χ3v) is 4.12. The van der Waals surface area contributed by atoms with Crippen LogP contribution in [-0.2, 0) is 25.9 Å². The molecule has 1 heterocycles. The van der Waals surface area contributed by atoms with Gasteiger partial charge in [0.15, 0.2) is 0 Å². The Morgan fingerprint density at radius 1 is 1.23 bits per heavy atom. The van der Waals surface area contributed by atoms with E-state index in [2.05, 4.69) is 25.9 Å². The zero-order chi connectivity index (χ0) is 15.5. The Morgan fingerprint density at radius 2 is 2.00 bits per heavy atom. The van der Waals surface area contributed by atoms with Crippen molar-refractivity contribution < 1.29 is 19.4 Å². The minimum atomic E-state index is -0.0780. The van der Waals surface area contributed by atoms with E-state index in [-0.39, 0.29) is 5.56 Å². The Hall–Kier alpha value is -1.58. The molecule has 3 aromatic rings. The van der Waals surface area contributed by atoms with Crippen molar-refractivity contribution >= 4 is 31.4 Å². The molecule has 110 valence electrons. The van der Waals surface area contributed by atoms with Crippen molar-refractivity contribution in [3.05, 3.63) is 74.5 Å². The van der Waals surface area contributed by atoms with Gasteiger partial charge in [0.1, 0.15) is 0 Å². The van der Waals surface area contributed by atoms with E-state index in [1.54, 1.807) is 15.2 Å². The van der Waals surface area contributed by atoms with Gasteiger partial charge in [-0.15, -0.1) is 0 Å². The van der Waals surface area contributed by atoms with E-state index < -0.39 is 0 Å². The number of benzene rings is 2. The van der Waals surface area contributed by atoms with Crippen LogP contribution in [0.15, 0.2) is 62.8 Å². The van der Waals surface area contributed by atoms with Crippen LogP contribution in [0.4, 0.5) is 0 Å². The average molecular weight is 525 g/mol. The van der Waals surface area contributed by atoms with Crippen LogP contribution in [0.25, 0.3) is 10.9 Å². The summed E-state index contributed by atoms with van der Waals surface area (Å²) < 4.78 is 4.21. The molecule has 1 aromatic heterocycles. The topological polar surface area (TPSA) is 48.5 Å². The molecule has 0 aliphatic rings. The summed E-state index contributed by atoms with van der Waals surface area (Å²) in [6.07, 6.45) is 0. The zero-order valence-corrected chi connectivity index (χ0v) is 16.0. The third-order valence-electron chi connectivity index (χ3n) is 3.25. The van der Waals surface area contributed by atoms with E-state index in [4.69, 9.17) is 0 Å². The molecule has 0 fully saturated rings. The molecule has 0 bridgehead atoms. The summed E-state index contributed by atoms with van der Waals surface area (Å²) in [7, 11) is 0. The first-order valence-electron chi connectivity index (χ1n) is 6.57. The molecule has 0 saturated heterocycles. The fraction of sp³-hybridized carbons (Fsp3) is 0.0625. The Labute approximate surface area is 146 Å². The SMILES string of the molecule is O=c1c2cc(Br)ccc2[n-]c(=N[CH]=[W])n1Cc1ccccc1. The molecule has 22 heavy (non-hydrogen) atoms. The molecule has 0 N–H and O–H groups in total. The first-order valence-corrected chi connectivity index (χ1v) is 9.06. The monoisotopic (exact) mass is 524 g/mol. The number of hydrogen-bond donors (Lipinski definition) is 0. The summed E-state index contributed by atoms with van der Waals surface area (Å²) in [5, 5.41) is 0.590. The van der Waals surface area contributed by atoms with Gasteiger partial charge in [-0.05, 0) is 0 Å². The van der Waals surface area contributed by atoms with Gasteiger partial charge in [0, 0.05) is 0 Å². The molecule has 0 spiro atoms. The molecule has 6 heteroatoms. The summed E-state index contributed by atoms with van der Waals surface area (Å²) in [5.74, 6) is 0. The maximum atomic E-state index is 12.8. The van der Waals surface area contributed by atoms with E-state index in [0.29, 0.717) is 23.1 Å². The molecular formula is C16H11BrN3OW-. The fourth-order valence-electron chi connectivity index (χ4n) is 2.24. The summed E-state index contributed by atoms with van der Waals surface area (Å²) in [4.78, 5) is 21.6. The molecule has 4 nitrogen and oxygen atoms in total. The molecular weight excluding hydrogens is 514 g/mol. The Balaban J connectivity index is 2.29. The number of rotatable bonds is 3. The van der Waals surface area contributed by atoms with Gasteiger partial charge in [-0.2, -0.15) is 0 Å². The number of hydrogen-bond acceptors (Lipinski definition) is 2. The Kier molecular flexibility index (Phi) is 4.65. The quantitative estimate of drug-likeness (QED) is 0.526. The number of halogens is 1. The van der Waals surface area contributed by atoms with Gasteiger partial charge in [0.2, 0.25) is 0 Å². The van der Waals surface area contributed by atoms with Gasteiger partial charge in [0.05, 0.1) is 0 Å². The van der Waals surface area contributed by atoms with Gasteiger partial charge >= 0.3 is 146 Å². The second-order valence-corrected chi connectivity index (χ2v) is 6.36. The van der Waals surface area contributed by atoms with Gasteiger partial charge in [-0.3, -0.25) is 0 Å². The van der Waals surface area contributed by atoms with Crippen molar-refractivity contribution in [1.82, 2.24) is 9.55 Å². The molecule has 0 atom stereocenters. The van der Waals surface area contributed by atoms with Crippen molar-refractivity contribution in [2.45, 2.75) is 6.54 Å². The molecule has 3 rings (SSSR count). The van der Waals surface area contributed by atoms with Crippen molar-refractivity contribution in [2.24, 2.45) is 4.99 Å². The van der Waals surface area contributed by atoms with Crippen LogP contribution in [0.3, 0.4) is 0 Å². The average Bonchev–Trinajstić information content (AvgIpc) is 2.53. The molecule has 2 aromatic carbocycles. The summed E-state index contributed by atoms with van der Waals surface area (Å²) in [6, 6.07) is 15.4. The zero-order valence-electron chi connectivity index (χ0n) is 11.4. The first-order chi connectivity index (χ1) is 10.7. The van der Waals surface area contributed by atoms with Gasteiger partial charge in [-0.25, -0.2) is 0 Å². The fourth-order valence-corrected chi connectivity index (χ4v) is 2.94. The van der Waals surface area contributed by atoms with Crippen LogP contribution in [0, 0.1) is 0 Å². The van der Waals surface area contributed by atoms with Crippen molar-refractivity contribution in [2.75, 3.05) is 0 Å². The van der Waals surface area contributed by atoms with Crippen LogP contribution in [-0.4, -0.2) is 9.09 Å². The summed E-state index contributed by atoms with van der Waals surface area (Å²) in [6.45, 7) is 0.455. The number of aromatic nitrogens is 2. The molecule has 0 saturated carbocycles. The number of fused-ring (bicyclic) bond motifs is 1. The molecule has 0 aliphatic carbocycles. The van der Waals surface area contributed by atoms with Crippen LogP contribution in [0.1, 0.15) is 5.56 Å². The van der Waals surface area contributed by atoms with E-state index >= 15 is 0 Å². The van der Waals surface area contributed by atoms with Crippen LogP contribution in [0.2, 0.25) is 0 Å². The third kappa shape index (κ3) is 3.11. The van der Waals surface area contributed by atoms with E-state index in [1.165, 1.54) is 19.4 Å².